The topological polar surface area (TPSA) is 67.8 Å². The Labute approximate surface area is 119 Å². The van der Waals surface area contributed by atoms with Gasteiger partial charge in [-0.1, -0.05) is 13.8 Å². The van der Waals surface area contributed by atoms with Gasteiger partial charge in [-0.2, -0.15) is 0 Å². The van der Waals surface area contributed by atoms with Crippen molar-refractivity contribution in [1.29, 1.82) is 0 Å². The maximum atomic E-state index is 10.9. The highest BCUT2D eigenvalue weighted by Gasteiger charge is 2.15. The molecule has 0 fully saturated rings. The van der Waals surface area contributed by atoms with Crippen LogP contribution in [0.3, 0.4) is 0 Å². The van der Waals surface area contributed by atoms with E-state index in [1.807, 2.05) is 6.07 Å². The smallest absolute Gasteiger partial charge is 0.344 e. The maximum Gasteiger partial charge on any atom is 0.344 e. The van der Waals surface area contributed by atoms with Gasteiger partial charge in [0.1, 0.15) is 11.5 Å². The zero-order valence-electron chi connectivity index (χ0n) is 12.5. The third-order valence-corrected chi connectivity index (χ3v) is 2.79. The van der Waals surface area contributed by atoms with Gasteiger partial charge >= 0.3 is 5.97 Å². The van der Waals surface area contributed by atoms with E-state index in [1.165, 1.54) is 6.92 Å². The van der Waals surface area contributed by atoms with Crippen LogP contribution in [-0.4, -0.2) is 30.8 Å². The van der Waals surface area contributed by atoms with Crippen molar-refractivity contribution in [2.24, 2.45) is 5.92 Å². The van der Waals surface area contributed by atoms with Crippen LogP contribution in [0, 0.1) is 5.92 Å². The van der Waals surface area contributed by atoms with Crippen molar-refractivity contribution in [2.45, 2.75) is 33.4 Å². The summed E-state index contributed by atoms with van der Waals surface area (Å²) >= 11 is 0. The molecular formula is C15H23NO4. The summed E-state index contributed by atoms with van der Waals surface area (Å²) in [6.07, 6.45) is -0.882. The quantitative estimate of drug-likeness (QED) is 0.765. The lowest BCUT2D eigenvalue weighted by Gasteiger charge is -2.16. The number of rotatable bonds is 8. The van der Waals surface area contributed by atoms with Gasteiger partial charge in [0.15, 0.2) is 6.10 Å². The number of ether oxygens (including phenoxy) is 2. The van der Waals surface area contributed by atoms with Crippen molar-refractivity contribution in [3.8, 4) is 11.5 Å². The molecule has 0 aliphatic carbocycles. The SMILES string of the molecule is COc1ccc(OC(C)C(=O)O)c(CNCC(C)C)c1. The molecule has 0 saturated carbocycles. The first-order valence-electron chi connectivity index (χ1n) is 6.71. The highest BCUT2D eigenvalue weighted by Crippen LogP contribution is 2.25. The molecule has 0 radical (unpaired) electrons. The van der Waals surface area contributed by atoms with Gasteiger partial charge in [-0.3, -0.25) is 0 Å². The second kappa shape index (κ2) is 7.75. The Kier molecular flexibility index (Phi) is 6.31. The molecule has 5 nitrogen and oxygen atoms in total. The van der Waals surface area contributed by atoms with Gasteiger partial charge in [0.25, 0.3) is 0 Å². The lowest BCUT2D eigenvalue weighted by molar-refractivity contribution is -0.144. The Balaban J connectivity index is 2.83. The molecule has 0 spiro atoms. The minimum absolute atomic E-state index is 0.544. The number of hydrogen-bond donors (Lipinski definition) is 2. The Morgan fingerprint density at radius 3 is 2.60 bits per heavy atom. The number of aliphatic carboxylic acids is 1. The number of methoxy groups -OCH3 is 1. The number of hydrogen-bond acceptors (Lipinski definition) is 4. The van der Waals surface area contributed by atoms with E-state index >= 15 is 0 Å². The van der Waals surface area contributed by atoms with E-state index in [0.29, 0.717) is 18.2 Å². The number of nitrogens with one attached hydrogen (secondary N) is 1. The highest BCUT2D eigenvalue weighted by molar-refractivity contribution is 5.72. The number of carbonyl (C=O) groups is 1. The fourth-order valence-electron chi connectivity index (χ4n) is 1.67. The Hall–Kier alpha value is -1.75. The zero-order chi connectivity index (χ0) is 15.1. The van der Waals surface area contributed by atoms with Crippen LogP contribution >= 0.6 is 0 Å². The molecule has 1 unspecified atom stereocenters. The molecule has 1 atom stereocenters. The monoisotopic (exact) mass is 281 g/mol. The van der Waals surface area contributed by atoms with E-state index in [-0.39, 0.29) is 0 Å². The Morgan fingerprint density at radius 2 is 2.05 bits per heavy atom. The molecule has 0 aliphatic rings. The van der Waals surface area contributed by atoms with E-state index in [0.717, 1.165) is 17.9 Å². The van der Waals surface area contributed by atoms with Crippen molar-refractivity contribution < 1.29 is 19.4 Å². The normalized spacial score (nSPS) is 12.2. The average molecular weight is 281 g/mol. The summed E-state index contributed by atoms with van der Waals surface area (Å²) in [4.78, 5) is 10.9. The van der Waals surface area contributed by atoms with Gasteiger partial charge in [0.2, 0.25) is 0 Å². The van der Waals surface area contributed by atoms with Crippen LogP contribution in [0.5, 0.6) is 11.5 Å². The van der Waals surface area contributed by atoms with Crippen LogP contribution in [0.4, 0.5) is 0 Å². The summed E-state index contributed by atoms with van der Waals surface area (Å²) in [6, 6.07) is 5.36. The third-order valence-electron chi connectivity index (χ3n) is 2.79. The molecule has 0 saturated heterocycles. The van der Waals surface area contributed by atoms with Gasteiger partial charge < -0.3 is 19.9 Å². The largest absolute Gasteiger partial charge is 0.497 e. The van der Waals surface area contributed by atoms with Crippen molar-refractivity contribution in [2.75, 3.05) is 13.7 Å². The van der Waals surface area contributed by atoms with Crippen LogP contribution < -0.4 is 14.8 Å². The molecule has 1 rings (SSSR count). The number of carboxylic acids is 1. The lowest BCUT2D eigenvalue weighted by atomic mass is 10.1. The minimum atomic E-state index is -0.984. The van der Waals surface area contributed by atoms with Crippen LogP contribution in [0.2, 0.25) is 0 Å². The van der Waals surface area contributed by atoms with Gasteiger partial charge in [-0.25, -0.2) is 4.79 Å². The van der Waals surface area contributed by atoms with E-state index in [1.54, 1.807) is 19.2 Å². The molecule has 112 valence electrons. The summed E-state index contributed by atoms with van der Waals surface area (Å²) in [5.41, 5.74) is 0.887. The van der Waals surface area contributed by atoms with E-state index in [9.17, 15) is 4.79 Å². The molecule has 0 bridgehead atoms. The van der Waals surface area contributed by atoms with E-state index in [4.69, 9.17) is 14.6 Å². The van der Waals surface area contributed by atoms with Crippen LogP contribution in [0.1, 0.15) is 26.3 Å². The first-order chi connectivity index (χ1) is 9.43. The minimum Gasteiger partial charge on any atom is -0.497 e. The van der Waals surface area contributed by atoms with Crippen molar-refractivity contribution in [3.05, 3.63) is 23.8 Å². The second-order valence-corrected chi connectivity index (χ2v) is 5.10. The molecule has 1 aromatic rings. The summed E-state index contributed by atoms with van der Waals surface area (Å²) in [7, 11) is 1.60. The van der Waals surface area contributed by atoms with Gasteiger partial charge in [0, 0.05) is 12.1 Å². The van der Waals surface area contributed by atoms with Crippen LogP contribution in [-0.2, 0) is 11.3 Å². The molecule has 0 heterocycles. The van der Waals surface area contributed by atoms with Crippen LogP contribution in [0.15, 0.2) is 18.2 Å². The molecule has 20 heavy (non-hydrogen) atoms. The van der Waals surface area contributed by atoms with Crippen molar-refractivity contribution in [3.63, 3.8) is 0 Å². The van der Waals surface area contributed by atoms with E-state index in [2.05, 4.69) is 19.2 Å². The average Bonchev–Trinajstić information content (AvgIpc) is 2.39. The zero-order valence-corrected chi connectivity index (χ0v) is 12.5. The van der Waals surface area contributed by atoms with Crippen molar-refractivity contribution in [1.82, 2.24) is 5.32 Å². The molecule has 0 aromatic heterocycles. The molecule has 0 amide bonds. The fourth-order valence-corrected chi connectivity index (χ4v) is 1.67. The molecule has 1 aromatic carbocycles. The predicted octanol–water partition coefficient (Wildman–Crippen LogP) is 2.29. The maximum absolute atomic E-state index is 10.9. The Bertz CT molecular complexity index is 445. The van der Waals surface area contributed by atoms with Gasteiger partial charge in [-0.05, 0) is 37.6 Å². The Morgan fingerprint density at radius 1 is 1.35 bits per heavy atom. The van der Waals surface area contributed by atoms with Gasteiger partial charge in [0.05, 0.1) is 7.11 Å². The number of carboxylic acid groups (broad SMARTS) is 1. The standard InChI is InChI=1S/C15H23NO4/c1-10(2)8-16-9-12-7-13(19-4)5-6-14(12)20-11(3)15(17)18/h5-7,10-11,16H,8-9H2,1-4H3,(H,17,18). The van der Waals surface area contributed by atoms with Gasteiger partial charge in [-0.15, -0.1) is 0 Å². The number of benzene rings is 1. The highest BCUT2D eigenvalue weighted by atomic mass is 16.5. The lowest BCUT2D eigenvalue weighted by Crippen LogP contribution is -2.24. The summed E-state index contributed by atoms with van der Waals surface area (Å²) in [5.74, 6) is 0.850. The van der Waals surface area contributed by atoms with Crippen molar-refractivity contribution >= 4 is 5.97 Å². The molecule has 5 heteroatoms. The van der Waals surface area contributed by atoms with E-state index < -0.39 is 12.1 Å². The second-order valence-electron chi connectivity index (χ2n) is 5.10. The summed E-state index contributed by atoms with van der Waals surface area (Å²) in [5, 5.41) is 12.2. The fraction of sp³-hybridized carbons (Fsp3) is 0.533. The molecular weight excluding hydrogens is 258 g/mol. The first-order valence-corrected chi connectivity index (χ1v) is 6.71. The summed E-state index contributed by atoms with van der Waals surface area (Å²) < 4.78 is 10.7. The van der Waals surface area contributed by atoms with Crippen LogP contribution in [0.25, 0.3) is 0 Å². The first kappa shape index (κ1) is 16.3. The molecule has 0 aliphatic heterocycles. The third kappa shape index (κ3) is 5.09. The summed E-state index contributed by atoms with van der Waals surface area (Å²) in [6.45, 7) is 7.26. The molecule has 2 N–H and O–H groups in total. The predicted molar refractivity (Wildman–Crippen MR) is 77.3 cm³/mol.